The lowest BCUT2D eigenvalue weighted by atomic mass is 10.1. The van der Waals surface area contributed by atoms with Crippen molar-refractivity contribution in [2.24, 2.45) is 0 Å². The van der Waals surface area contributed by atoms with E-state index in [0.29, 0.717) is 16.8 Å². The standard InChI is InChI=1S/C14H13ClN4O2/c1-8-9(13(20)16-2)4-3-5-10(8)19-14(21)11-6-17-7-12(15)18-11/h3-7H,1-2H3,(H,16,20)(H,19,21). The van der Waals surface area contributed by atoms with E-state index in [1.807, 2.05) is 0 Å². The Labute approximate surface area is 126 Å². The van der Waals surface area contributed by atoms with Gasteiger partial charge in [-0.3, -0.25) is 14.6 Å². The lowest BCUT2D eigenvalue weighted by Crippen LogP contribution is -2.20. The van der Waals surface area contributed by atoms with Gasteiger partial charge in [-0.1, -0.05) is 17.7 Å². The van der Waals surface area contributed by atoms with Gasteiger partial charge in [0.25, 0.3) is 11.8 Å². The van der Waals surface area contributed by atoms with Gasteiger partial charge in [0, 0.05) is 18.3 Å². The predicted molar refractivity (Wildman–Crippen MR) is 79.6 cm³/mol. The molecule has 2 rings (SSSR count). The molecule has 0 fully saturated rings. The lowest BCUT2D eigenvalue weighted by Gasteiger charge is -2.11. The summed E-state index contributed by atoms with van der Waals surface area (Å²) in [6.07, 6.45) is 2.66. The molecule has 6 nitrogen and oxygen atoms in total. The van der Waals surface area contributed by atoms with Crippen molar-refractivity contribution in [1.82, 2.24) is 15.3 Å². The zero-order valence-corrected chi connectivity index (χ0v) is 12.2. The maximum Gasteiger partial charge on any atom is 0.275 e. The van der Waals surface area contributed by atoms with Crippen molar-refractivity contribution in [3.05, 3.63) is 52.6 Å². The van der Waals surface area contributed by atoms with Crippen LogP contribution in [0.4, 0.5) is 5.69 Å². The summed E-state index contributed by atoms with van der Waals surface area (Å²) in [5, 5.41) is 5.38. The molecule has 0 saturated carbocycles. The van der Waals surface area contributed by atoms with Crippen molar-refractivity contribution >= 4 is 29.1 Å². The SMILES string of the molecule is CNC(=O)c1cccc(NC(=O)c2cncc(Cl)n2)c1C. The number of aromatic nitrogens is 2. The van der Waals surface area contributed by atoms with Gasteiger partial charge in [0.1, 0.15) is 10.8 Å². The quantitative estimate of drug-likeness (QED) is 0.909. The van der Waals surface area contributed by atoms with Crippen molar-refractivity contribution < 1.29 is 9.59 Å². The summed E-state index contributed by atoms with van der Waals surface area (Å²) in [4.78, 5) is 31.5. The monoisotopic (exact) mass is 304 g/mol. The summed E-state index contributed by atoms with van der Waals surface area (Å²) in [7, 11) is 1.55. The number of amides is 2. The van der Waals surface area contributed by atoms with Gasteiger partial charge in [0.15, 0.2) is 0 Å². The van der Waals surface area contributed by atoms with Gasteiger partial charge >= 0.3 is 0 Å². The third-order valence-corrected chi connectivity index (χ3v) is 3.07. The molecular formula is C14H13ClN4O2. The number of benzene rings is 1. The fourth-order valence-electron chi connectivity index (χ4n) is 1.79. The minimum atomic E-state index is -0.442. The van der Waals surface area contributed by atoms with Gasteiger partial charge in [0.2, 0.25) is 0 Å². The third-order valence-electron chi connectivity index (χ3n) is 2.89. The maximum absolute atomic E-state index is 12.1. The number of rotatable bonds is 3. The van der Waals surface area contributed by atoms with E-state index in [9.17, 15) is 9.59 Å². The molecule has 0 radical (unpaired) electrons. The number of carbonyl (C=O) groups is 2. The van der Waals surface area contributed by atoms with Crippen molar-refractivity contribution in [2.75, 3.05) is 12.4 Å². The Hall–Kier alpha value is -2.47. The molecule has 1 aromatic carbocycles. The molecule has 0 bridgehead atoms. The second-order valence-electron chi connectivity index (χ2n) is 4.24. The Bertz CT molecular complexity index is 703. The Morgan fingerprint density at radius 2 is 1.95 bits per heavy atom. The molecular weight excluding hydrogens is 292 g/mol. The second kappa shape index (κ2) is 6.32. The summed E-state index contributed by atoms with van der Waals surface area (Å²) in [5.41, 5.74) is 1.79. The summed E-state index contributed by atoms with van der Waals surface area (Å²) in [6, 6.07) is 5.08. The predicted octanol–water partition coefficient (Wildman–Crippen LogP) is 2.05. The molecule has 0 aliphatic carbocycles. The van der Waals surface area contributed by atoms with Crippen LogP contribution in [0.3, 0.4) is 0 Å². The van der Waals surface area contributed by atoms with E-state index in [2.05, 4.69) is 20.6 Å². The fraction of sp³-hybridized carbons (Fsp3) is 0.143. The number of halogens is 1. The van der Waals surface area contributed by atoms with Crippen molar-refractivity contribution in [2.45, 2.75) is 6.92 Å². The molecule has 2 amide bonds. The molecule has 0 saturated heterocycles. The average molecular weight is 305 g/mol. The van der Waals surface area contributed by atoms with Crippen molar-refractivity contribution in [3.8, 4) is 0 Å². The van der Waals surface area contributed by atoms with Crippen molar-refractivity contribution in [3.63, 3.8) is 0 Å². The number of anilines is 1. The minimum absolute atomic E-state index is 0.104. The van der Waals surface area contributed by atoms with E-state index in [1.54, 1.807) is 32.2 Å². The Balaban J connectivity index is 2.28. The Morgan fingerprint density at radius 1 is 1.19 bits per heavy atom. The highest BCUT2D eigenvalue weighted by molar-refractivity contribution is 6.29. The first-order valence-electron chi connectivity index (χ1n) is 6.13. The van der Waals surface area contributed by atoms with Crippen molar-refractivity contribution in [1.29, 1.82) is 0 Å². The van der Waals surface area contributed by atoms with Crippen LogP contribution in [0.1, 0.15) is 26.4 Å². The molecule has 7 heteroatoms. The van der Waals surface area contributed by atoms with Crippen LogP contribution in [0.5, 0.6) is 0 Å². The Morgan fingerprint density at radius 3 is 2.62 bits per heavy atom. The van der Waals surface area contributed by atoms with Gasteiger partial charge in [-0.05, 0) is 24.6 Å². The molecule has 0 unspecified atom stereocenters. The highest BCUT2D eigenvalue weighted by atomic mass is 35.5. The largest absolute Gasteiger partial charge is 0.355 e. The smallest absolute Gasteiger partial charge is 0.275 e. The van der Waals surface area contributed by atoms with E-state index >= 15 is 0 Å². The van der Waals surface area contributed by atoms with Crippen LogP contribution in [0, 0.1) is 6.92 Å². The molecule has 108 valence electrons. The normalized spacial score (nSPS) is 10.0. The first-order chi connectivity index (χ1) is 10.0. The van der Waals surface area contributed by atoms with E-state index in [-0.39, 0.29) is 16.8 Å². The summed E-state index contributed by atoms with van der Waals surface area (Å²) in [6.45, 7) is 1.75. The van der Waals surface area contributed by atoms with Crippen LogP contribution < -0.4 is 10.6 Å². The summed E-state index contributed by atoms with van der Waals surface area (Å²) >= 11 is 5.70. The summed E-state index contributed by atoms with van der Waals surface area (Å²) in [5.74, 6) is -0.659. The van der Waals surface area contributed by atoms with Crippen LogP contribution in [0.25, 0.3) is 0 Å². The fourth-order valence-corrected chi connectivity index (χ4v) is 1.94. The first kappa shape index (κ1) is 14.9. The maximum atomic E-state index is 12.1. The zero-order chi connectivity index (χ0) is 15.4. The number of nitrogens with one attached hydrogen (secondary N) is 2. The van der Waals surface area contributed by atoms with E-state index in [0.717, 1.165) is 0 Å². The first-order valence-corrected chi connectivity index (χ1v) is 6.51. The molecule has 1 aromatic heterocycles. The summed E-state index contributed by atoms with van der Waals surface area (Å²) < 4.78 is 0. The Kier molecular flexibility index (Phi) is 4.49. The van der Waals surface area contributed by atoms with Gasteiger partial charge in [-0.15, -0.1) is 0 Å². The molecule has 21 heavy (non-hydrogen) atoms. The van der Waals surface area contributed by atoms with Gasteiger partial charge in [-0.2, -0.15) is 0 Å². The van der Waals surface area contributed by atoms with Crippen LogP contribution in [-0.4, -0.2) is 28.8 Å². The van der Waals surface area contributed by atoms with E-state index in [4.69, 9.17) is 11.6 Å². The molecule has 1 heterocycles. The lowest BCUT2D eigenvalue weighted by molar-refractivity contribution is 0.0960. The average Bonchev–Trinajstić information content (AvgIpc) is 2.48. The zero-order valence-electron chi connectivity index (χ0n) is 11.5. The molecule has 0 atom stereocenters. The van der Waals surface area contributed by atoms with Crippen LogP contribution in [-0.2, 0) is 0 Å². The minimum Gasteiger partial charge on any atom is -0.355 e. The molecule has 0 aliphatic heterocycles. The molecule has 2 N–H and O–H groups in total. The topological polar surface area (TPSA) is 84.0 Å². The third kappa shape index (κ3) is 3.35. The van der Waals surface area contributed by atoms with Crippen LogP contribution in [0.15, 0.2) is 30.6 Å². The van der Waals surface area contributed by atoms with Gasteiger partial charge in [-0.25, -0.2) is 4.98 Å². The highest BCUT2D eigenvalue weighted by Gasteiger charge is 2.14. The second-order valence-corrected chi connectivity index (χ2v) is 4.63. The molecule has 0 spiro atoms. The van der Waals surface area contributed by atoms with Crippen LogP contribution in [0.2, 0.25) is 5.15 Å². The number of hydrogen-bond donors (Lipinski definition) is 2. The van der Waals surface area contributed by atoms with Gasteiger partial charge in [0.05, 0.1) is 12.4 Å². The number of nitrogens with zero attached hydrogens (tertiary/aromatic N) is 2. The molecule has 2 aromatic rings. The number of carbonyl (C=O) groups excluding carboxylic acids is 2. The van der Waals surface area contributed by atoms with Gasteiger partial charge < -0.3 is 10.6 Å². The van der Waals surface area contributed by atoms with E-state index < -0.39 is 5.91 Å². The van der Waals surface area contributed by atoms with E-state index in [1.165, 1.54) is 12.4 Å². The van der Waals surface area contributed by atoms with Crippen LogP contribution >= 0.6 is 11.6 Å². The number of hydrogen-bond acceptors (Lipinski definition) is 4. The molecule has 0 aliphatic rings. The highest BCUT2D eigenvalue weighted by Crippen LogP contribution is 2.19.